The topological polar surface area (TPSA) is 78.9 Å². The predicted molar refractivity (Wildman–Crippen MR) is 120 cm³/mol. The number of esters is 3. The van der Waals surface area contributed by atoms with Gasteiger partial charge in [-0.25, -0.2) is 14.4 Å². The van der Waals surface area contributed by atoms with Crippen LogP contribution in [0.3, 0.4) is 0 Å². The minimum Gasteiger partial charge on any atom is -0.465 e. The van der Waals surface area contributed by atoms with Gasteiger partial charge in [0.2, 0.25) is 0 Å². The van der Waals surface area contributed by atoms with Gasteiger partial charge in [-0.1, -0.05) is 57.5 Å². The molecule has 1 aliphatic rings. The molecule has 2 aromatic rings. The van der Waals surface area contributed by atoms with Crippen molar-refractivity contribution in [2.75, 3.05) is 14.2 Å². The smallest absolute Gasteiger partial charge is 0.340 e. The van der Waals surface area contributed by atoms with Crippen LogP contribution in [0.1, 0.15) is 99.8 Å². The number of methoxy groups -OCH3 is 2. The molecule has 0 spiro atoms. The summed E-state index contributed by atoms with van der Waals surface area (Å²) < 4.78 is 16.0. The van der Waals surface area contributed by atoms with Crippen LogP contribution in [-0.4, -0.2) is 32.1 Å². The fourth-order valence-corrected chi connectivity index (χ4v) is 4.67. The van der Waals surface area contributed by atoms with Crippen molar-refractivity contribution in [2.24, 2.45) is 0 Å². The number of carbonyl (C=O) groups is 3. The number of cyclic esters (lactones) is 1. The van der Waals surface area contributed by atoms with E-state index in [0.717, 1.165) is 24.0 Å². The molecule has 0 bridgehead atoms. The van der Waals surface area contributed by atoms with Crippen LogP contribution >= 0.6 is 0 Å². The molecule has 0 saturated carbocycles. The summed E-state index contributed by atoms with van der Waals surface area (Å²) in [5, 5.41) is 0. The van der Waals surface area contributed by atoms with Crippen molar-refractivity contribution in [2.45, 2.75) is 58.5 Å². The molecule has 0 unspecified atom stereocenters. The fraction of sp³-hybridized carbons (Fsp3) is 0.423. The molecule has 6 heteroatoms. The minimum absolute atomic E-state index is 0.0806. The van der Waals surface area contributed by atoms with Crippen molar-refractivity contribution in [3.63, 3.8) is 0 Å². The number of ether oxygens (including phenoxy) is 3. The Hall–Kier alpha value is -3.15. The lowest BCUT2D eigenvalue weighted by Crippen LogP contribution is -2.27. The third-order valence-corrected chi connectivity index (χ3v) is 6.09. The van der Waals surface area contributed by atoms with Gasteiger partial charge in [-0.05, 0) is 42.4 Å². The highest BCUT2D eigenvalue weighted by atomic mass is 16.6. The van der Waals surface area contributed by atoms with Crippen molar-refractivity contribution in [3.8, 4) is 0 Å². The third-order valence-electron chi connectivity index (χ3n) is 6.09. The number of unbranched alkanes of at least 4 members (excludes halogenated alkanes) is 1. The second-order valence-electron chi connectivity index (χ2n) is 8.42. The van der Waals surface area contributed by atoms with Gasteiger partial charge in [-0.3, -0.25) is 0 Å². The summed E-state index contributed by atoms with van der Waals surface area (Å²) >= 11 is 0. The van der Waals surface area contributed by atoms with E-state index in [-0.39, 0.29) is 22.6 Å². The molecule has 1 aliphatic heterocycles. The van der Waals surface area contributed by atoms with E-state index in [1.807, 2.05) is 51.1 Å². The van der Waals surface area contributed by atoms with Crippen molar-refractivity contribution in [1.29, 1.82) is 0 Å². The molecule has 3 rings (SSSR count). The second kappa shape index (κ2) is 9.15. The van der Waals surface area contributed by atoms with Gasteiger partial charge >= 0.3 is 17.9 Å². The lowest BCUT2D eigenvalue weighted by Gasteiger charge is -2.30. The summed E-state index contributed by atoms with van der Waals surface area (Å²) in [4.78, 5) is 39.2. The maximum atomic E-state index is 13.3. The van der Waals surface area contributed by atoms with Gasteiger partial charge in [0.25, 0.3) is 0 Å². The van der Waals surface area contributed by atoms with E-state index in [0.29, 0.717) is 17.5 Å². The fourth-order valence-electron chi connectivity index (χ4n) is 4.67. The first kappa shape index (κ1) is 23.5. The molecular formula is C26H30O6. The zero-order valence-electron chi connectivity index (χ0n) is 19.5. The van der Waals surface area contributed by atoms with E-state index in [2.05, 4.69) is 6.92 Å². The molecule has 170 valence electrons. The SMILES string of the molecule is CCCCc1c(C(C)C)c(C(=O)OC)c(C(=O)OC)c2c1[C@](C)(c1ccccc1)OC2=O. The van der Waals surface area contributed by atoms with Crippen molar-refractivity contribution >= 4 is 17.9 Å². The summed E-state index contributed by atoms with van der Waals surface area (Å²) in [6.45, 7) is 7.84. The molecule has 32 heavy (non-hydrogen) atoms. The molecule has 0 saturated heterocycles. The van der Waals surface area contributed by atoms with Crippen LogP contribution in [0.2, 0.25) is 0 Å². The Morgan fingerprint density at radius 1 is 1.03 bits per heavy atom. The average Bonchev–Trinajstić information content (AvgIpc) is 3.07. The summed E-state index contributed by atoms with van der Waals surface area (Å²) in [5.74, 6) is -2.19. The molecule has 6 nitrogen and oxygen atoms in total. The monoisotopic (exact) mass is 438 g/mol. The zero-order valence-corrected chi connectivity index (χ0v) is 19.5. The summed E-state index contributed by atoms with van der Waals surface area (Å²) in [5.41, 5.74) is 2.00. The van der Waals surface area contributed by atoms with Crippen molar-refractivity contribution in [1.82, 2.24) is 0 Å². The first-order chi connectivity index (χ1) is 15.2. The predicted octanol–water partition coefficient (Wildman–Crippen LogP) is 5.16. The maximum absolute atomic E-state index is 13.3. The van der Waals surface area contributed by atoms with Gasteiger partial charge < -0.3 is 14.2 Å². The standard InChI is InChI=1S/C26H30O6/c1-7-8-14-17-18(15(2)3)19(23(27)30-5)20(24(28)31-6)21-22(17)26(4,32-25(21)29)16-12-10-9-11-13-16/h9-13,15H,7-8,14H2,1-6H3/t26-/m0/s1. The van der Waals surface area contributed by atoms with E-state index >= 15 is 0 Å². The number of carbonyl (C=O) groups excluding carboxylic acids is 3. The van der Waals surface area contributed by atoms with Gasteiger partial charge in [0.05, 0.1) is 30.9 Å². The van der Waals surface area contributed by atoms with E-state index in [1.54, 1.807) is 0 Å². The number of hydrogen-bond donors (Lipinski definition) is 0. The molecule has 0 fully saturated rings. The first-order valence-corrected chi connectivity index (χ1v) is 10.9. The molecule has 1 heterocycles. The second-order valence-corrected chi connectivity index (χ2v) is 8.42. The van der Waals surface area contributed by atoms with E-state index < -0.39 is 23.5 Å². The van der Waals surface area contributed by atoms with Gasteiger partial charge in [-0.15, -0.1) is 0 Å². The Morgan fingerprint density at radius 2 is 1.62 bits per heavy atom. The lowest BCUT2D eigenvalue weighted by molar-refractivity contribution is 0.0176. The lowest BCUT2D eigenvalue weighted by atomic mass is 9.75. The van der Waals surface area contributed by atoms with Crippen LogP contribution in [0.5, 0.6) is 0 Å². The number of rotatable bonds is 7. The zero-order chi connectivity index (χ0) is 23.6. The van der Waals surface area contributed by atoms with Gasteiger partial charge in [0.1, 0.15) is 0 Å². The minimum atomic E-state index is -1.10. The molecule has 0 radical (unpaired) electrons. The molecule has 2 aromatic carbocycles. The molecule has 0 N–H and O–H groups in total. The highest BCUT2D eigenvalue weighted by Crippen LogP contribution is 2.48. The number of hydrogen-bond acceptors (Lipinski definition) is 6. The van der Waals surface area contributed by atoms with E-state index in [4.69, 9.17) is 14.2 Å². The van der Waals surface area contributed by atoms with Crippen LogP contribution in [-0.2, 0) is 26.2 Å². The summed E-state index contributed by atoms with van der Waals surface area (Å²) in [6.07, 6.45) is 2.41. The summed E-state index contributed by atoms with van der Waals surface area (Å²) in [7, 11) is 2.49. The Kier molecular flexibility index (Phi) is 6.72. The highest BCUT2D eigenvalue weighted by Gasteiger charge is 2.50. The third kappa shape index (κ3) is 3.68. The van der Waals surface area contributed by atoms with Gasteiger partial charge in [0, 0.05) is 5.56 Å². The van der Waals surface area contributed by atoms with Crippen molar-refractivity contribution in [3.05, 3.63) is 69.3 Å². The van der Waals surface area contributed by atoms with Crippen LogP contribution in [0.25, 0.3) is 0 Å². The number of fused-ring (bicyclic) bond motifs is 1. The van der Waals surface area contributed by atoms with Crippen LogP contribution in [0.4, 0.5) is 0 Å². The Morgan fingerprint density at radius 3 is 2.16 bits per heavy atom. The first-order valence-electron chi connectivity index (χ1n) is 10.9. The Balaban J connectivity index is 2.56. The molecule has 0 aromatic heterocycles. The van der Waals surface area contributed by atoms with Crippen LogP contribution in [0, 0.1) is 0 Å². The highest BCUT2D eigenvalue weighted by molar-refractivity contribution is 6.14. The molecular weight excluding hydrogens is 408 g/mol. The Labute approximate surface area is 188 Å². The molecule has 0 aliphatic carbocycles. The van der Waals surface area contributed by atoms with E-state index in [1.165, 1.54) is 14.2 Å². The van der Waals surface area contributed by atoms with Crippen LogP contribution in [0.15, 0.2) is 30.3 Å². The number of benzene rings is 2. The van der Waals surface area contributed by atoms with E-state index in [9.17, 15) is 14.4 Å². The Bertz CT molecular complexity index is 1050. The summed E-state index contributed by atoms with van der Waals surface area (Å²) in [6, 6.07) is 9.44. The van der Waals surface area contributed by atoms with Crippen molar-refractivity contribution < 1.29 is 28.6 Å². The van der Waals surface area contributed by atoms with Gasteiger partial charge in [0.15, 0.2) is 5.60 Å². The molecule has 0 amide bonds. The quantitative estimate of drug-likeness (QED) is 0.439. The normalized spacial score (nSPS) is 17.2. The maximum Gasteiger partial charge on any atom is 0.340 e. The largest absolute Gasteiger partial charge is 0.465 e. The van der Waals surface area contributed by atoms with Gasteiger partial charge in [-0.2, -0.15) is 0 Å². The van der Waals surface area contributed by atoms with Crippen LogP contribution < -0.4 is 0 Å². The molecule has 1 atom stereocenters. The average molecular weight is 439 g/mol.